The van der Waals surface area contributed by atoms with E-state index in [1.54, 1.807) is 12.1 Å². The minimum Gasteiger partial charge on any atom is -0.459 e. The van der Waals surface area contributed by atoms with Crippen molar-refractivity contribution >= 4 is 17.3 Å². The third-order valence-electron chi connectivity index (χ3n) is 5.44. The molecule has 1 aromatic heterocycles. The molecule has 3 heterocycles. The van der Waals surface area contributed by atoms with E-state index in [9.17, 15) is 4.79 Å². The van der Waals surface area contributed by atoms with Gasteiger partial charge in [0.2, 0.25) is 0 Å². The number of rotatable bonds is 6. The first-order chi connectivity index (χ1) is 13.8. The summed E-state index contributed by atoms with van der Waals surface area (Å²) in [6, 6.07) is 11.4. The highest BCUT2D eigenvalue weighted by atomic mass is 16.5. The van der Waals surface area contributed by atoms with Crippen molar-refractivity contribution in [2.45, 2.75) is 0 Å². The second-order valence-electron chi connectivity index (χ2n) is 7.26. The lowest BCUT2D eigenvalue weighted by Gasteiger charge is -2.37. The summed E-state index contributed by atoms with van der Waals surface area (Å²) in [6.07, 6.45) is 1.50. The molecule has 0 bridgehead atoms. The molecule has 1 N–H and O–H groups in total. The lowest BCUT2D eigenvalue weighted by atomic mass is 10.2. The van der Waals surface area contributed by atoms with Crippen molar-refractivity contribution in [1.82, 2.24) is 9.80 Å². The number of piperazine rings is 1. The van der Waals surface area contributed by atoms with Crippen LogP contribution in [0.15, 0.2) is 47.1 Å². The highest BCUT2D eigenvalue weighted by molar-refractivity contribution is 6.02. The number of hydrogen-bond donors (Lipinski definition) is 1. The topological polar surface area (TPSA) is 61.2 Å². The fourth-order valence-electron chi connectivity index (χ4n) is 3.69. The van der Waals surface area contributed by atoms with E-state index >= 15 is 0 Å². The number of carbonyl (C=O) groups excluding carboxylic acids is 1. The van der Waals surface area contributed by atoms with Crippen molar-refractivity contribution in [1.29, 1.82) is 0 Å². The number of nitrogens with one attached hydrogen (secondary N) is 1. The van der Waals surface area contributed by atoms with Gasteiger partial charge in [0.05, 0.1) is 19.5 Å². The number of nitrogens with zero attached hydrogens (tertiary/aromatic N) is 3. The van der Waals surface area contributed by atoms with Crippen LogP contribution in [0, 0.1) is 0 Å². The van der Waals surface area contributed by atoms with Crippen molar-refractivity contribution in [3.05, 3.63) is 48.4 Å². The summed E-state index contributed by atoms with van der Waals surface area (Å²) in [7, 11) is 0. The summed E-state index contributed by atoms with van der Waals surface area (Å²) >= 11 is 0. The molecule has 150 valence electrons. The summed E-state index contributed by atoms with van der Waals surface area (Å²) < 4.78 is 10.5. The van der Waals surface area contributed by atoms with Crippen LogP contribution in [-0.4, -0.2) is 81.3 Å². The summed E-state index contributed by atoms with van der Waals surface area (Å²) in [4.78, 5) is 19.5. The first-order valence-electron chi connectivity index (χ1n) is 10.0. The minimum absolute atomic E-state index is 0.230. The van der Waals surface area contributed by atoms with Gasteiger partial charge in [0.1, 0.15) is 0 Å². The first kappa shape index (κ1) is 19.0. The van der Waals surface area contributed by atoms with Crippen molar-refractivity contribution in [3.8, 4) is 0 Å². The number of hydrogen-bond acceptors (Lipinski definition) is 6. The quantitative estimate of drug-likeness (QED) is 0.822. The minimum atomic E-state index is -0.230. The van der Waals surface area contributed by atoms with Crippen LogP contribution in [0.2, 0.25) is 0 Å². The number of morpholine rings is 1. The molecule has 0 saturated carbocycles. The van der Waals surface area contributed by atoms with Crippen LogP contribution in [0.1, 0.15) is 10.6 Å². The van der Waals surface area contributed by atoms with Crippen molar-refractivity contribution in [2.75, 3.05) is 75.8 Å². The molecule has 28 heavy (non-hydrogen) atoms. The second-order valence-corrected chi connectivity index (χ2v) is 7.26. The van der Waals surface area contributed by atoms with Crippen LogP contribution < -0.4 is 10.2 Å². The molecule has 2 aromatic rings. The van der Waals surface area contributed by atoms with E-state index in [2.05, 4.69) is 32.1 Å². The van der Waals surface area contributed by atoms with Crippen molar-refractivity contribution in [3.63, 3.8) is 0 Å². The third-order valence-corrected chi connectivity index (χ3v) is 5.44. The monoisotopic (exact) mass is 384 g/mol. The molecule has 0 atom stereocenters. The highest BCUT2D eigenvalue weighted by Crippen LogP contribution is 2.20. The number of carbonyl (C=O) groups is 1. The van der Waals surface area contributed by atoms with Gasteiger partial charge in [-0.05, 0) is 36.4 Å². The number of anilines is 2. The Labute approximate surface area is 165 Å². The molecule has 0 radical (unpaired) electrons. The van der Waals surface area contributed by atoms with Gasteiger partial charge in [-0.2, -0.15) is 0 Å². The van der Waals surface area contributed by atoms with E-state index in [0.717, 1.165) is 71.3 Å². The highest BCUT2D eigenvalue weighted by Gasteiger charge is 2.19. The molecule has 2 aliphatic rings. The fraction of sp³-hybridized carbons (Fsp3) is 0.476. The van der Waals surface area contributed by atoms with Crippen LogP contribution in [0.25, 0.3) is 0 Å². The molecular formula is C21H28N4O3. The zero-order valence-electron chi connectivity index (χ0n) is 16.2. The van der Waals surface area contributed by atoms with Gasteiger partial charge in [0.15, 0.2) is 5.76 Å². The molecule has 2 fully saturated rings. The van der Waals surface area contributed by atoms with Gasteiger partial charge < -0.3 is 19.4 Å². The predicted octanol–water partition coefficient (Wildman–Crippen LogP) is 1.99. The van der Waals surface area contributed by atoms with Crippen molar-refractivity contribution in [2.24, 2.45) is 0 Å². The number of ether oxygens (including phenoxy) is 1. The molecule has 0 unspecified atom stereocenters. The maximum atomic E-state index is 12.0. The molecule has 1 aromatic carbocycles. The summed E-state index contributed by atoms with van der Waals surface area (Å²) in [5.74, 6) is 0.0870. The lowest BCUT2D eigenvalue weighted by Crippen LogP contribution is -2.49. The fourth-order valence-corrected chi connectivity index (χ4v) is 3.69. The Morgan fingerprint density at radius 3 is 2.21 bits per heavy atom. The summed E-state index contributed by atoms with van der Waals surface area (Å²) in [5.41, 5.74) is 1.97. The zero-order chi connectivity index (χ0) is 19.2. The molecule has 0 aliphatic carbocycles. The smallest absolute Gasteiger partial charge is 0.291 e. The van der Waals surface area contributed by atoms with Crippen molar-refractivity contribution < 1.29 is 13.9 Å². The van der Waals surface area contributed by atoms with Gasteiger partial charge in [0.25, 0.3) is 5.91 Å². The van der Waals surface area contributed by atoms with E-state index in [1.165, 1.54) is 12.0 Å². The molecule has 2 saturated heterocycles. The largest absolute Gasteiger partial charge is 0.459 e. The van der Waals surface area contributed by atoms with Gasteiger partial charge in [-0.3, -0.25) is 14.6 Å². The Morgan fingerprint density at radius 1 is 0.893 bits per heavy atom. The standard InChI is InChI=1S/C21H28N4O3/c26-21(20-2-1-15-28-20)22-18-3-5-19(6-4-18)25-11-9-23(10-12-25)7-8-24-13-16-27-17-14-24/h1-6,15H,7-14,16-17H2,(H,22,26). The Hall–Kier alpha value is -2.35. The summed E-state index contributed by atoms with van der Waals surface area (Å²) in [5, 5.41) is 2.86. The molecule has 1 amide bonds. The van der Waals surface area contributed by atoms with E-state index in [4.69, 9.17) is 9.15 Å². The van der Waals surface area contributed by atoms with Gasteiger partial charge in [0, 0.05) is 63.7 Å². The Kier molecular flexibility index (Phi) is 6.26. The van der Waals surface area contributed by atoms with Crippen LogP contribution in [0.4, 0.5) is 11.4 Å². The molecular weight excluding hydrogens is 356 g/mol. The van der Waals surface area contributed by atoms with Crippen LogP contribution in [0.3, 0.4) is 0 Å². The molecule has 7 heteroatoms. The van der Waals surface area contributed by atoms with E-state index in [0.29, 0.717) is 5.76 Å². The number of benzene rings is 1. The number of furan rings is 1. The van der Waals surface area contributed by atoms with Crippen LogP contribution in [-0.2, 0) is 4.74 Å². The maximum Gasteiger partial charge on any atom is 0.291 e. The lowest BCUT2D eigenvalue weighted by molar-refractivity contribution is 0.0331. The Bertz CT molecular complexity index is 734. The Morgan fingerprint density at radius 2 is 1.57 bits per heavy atom. The molecule has 4 rings (SSSR count). The average molecular weight is 384 g/mol. The maximum absolute atomic E-state index is 12.0. The zero-order valence-corrected chi connectivity index (χ0v) is 16.2. The first-order valence-corrected chi connectivity index (χ1v) is 10.0. The Balaban J connectivity index is 1.22. The normalized spacial score (nSPS) is 18.9. The summed E-state index contributed by atoms with van der Waals surface area (Å²) in [6.45, 7) is 10.3. The molecule has 2 aliphatic heterocycles. The van der Waals surface area contributed by atoms with E-state index < -0.39 is 0 Å². The third kappa shape index (κ3) is 4.92. The van der Waals surface area contributed by atoms with E-state index in [-0.39, 0.29) is 5.91 Å². The second kappa shape index (κ2) is 9.23. The molecule has 0 spiro atoms. The van der Waals surface area contributed by atoms with Gasteiger partial charge in [-0.25, -0.2) is 0 Å². The molecule has 7 nitrogen and oxygen atoms in total. The van der Waals surface area contributed by atoms with Crippen LogP contribution >= 0.6 is 0 Å². The van der Waals surface area contributed by atoms with Gasteiger partial charge in [-0.1, -0.05) is 0 Å². The van der Waals surface area contributed by atoms with E-state index in [1.807, 2.05) is 12.1 Å². The van der Waals surface area contributed by atoms with Gasteiger partial charge in [-0.15, -0.1) is 0 Å². The predicted molar refractivity (Wildman–Crippen MR) is 109 cm³/mol. The van der Waals surface area contributed by atoms with Crippen LogP contribution in [0.5, 0.6) is 0 Å². The number of amides is 1. The van der Waals surface area contributed by atoms with Gasteiger partial charge >= 0.3 is 0 Å². The average Bonchev–Trinajstić information content (AvgIpc) is 3.29. The SMILES string of the molecule is O=C(Nc1ccc(N2CCN(CCN3CCOCC3)CC2)cc1)c1ccco1.